The molecule has 1 aromatic carbocycles. The zero-order chi connectivity index (χ0) is 12.7. The van der Waals surface area contributed by atoms with E-state index in [0.717, 1.165) is 0 Å². The lowest BCUT2D eigenvalue weighted by Gasteiger charge is -2.08. The van der Waals surface area contributed by atoms with Crippen LogP contribution >= 0.6 is 0 Å². The van der Waals surface area contributed by atoms with E-state index in [0.29, 0.717) is 5.56 Å². The van der Waals surface area contributed by atoms with Crippen molar-refractivity contribution in [3.63, 3.8) is 0 Å². The number of aliphatic hydroxyl groups is 1. The second-order valence-corrected chi connectivity index (χ2v) is 3.36. The molecule has 6 nitrogen and oxygen atoms in total. The Balaban J connectivity index is 2.58. The van der Waals surface area contributed by atoms with Crippen LogP contribution in [-0.4, -0.2) is 36.5 Å². The molecule has 94 valence electrons. The van der Waals surface area contributed by atoms with Gasteiger partial charge in [-0.05, 0) is 13.0 Å². The predicted octanol–water partition coefficient (Wildman–Crippen LogP) is 1.29. The largest absolute Gasteiger partial charge is 0.484 e. The second-order valence-electron chi connectivity index (χ2n) is 3.36. The van der Waals surface area contributed by atoms with Gasteiger partial charge < -0.3 is 14.6 Å². The summed E-state index contributed by atoms with van der Waals surface area (Å²) >= 11 is 0. The summed E-state index contributed by atoms with van der Waals surface area (Å²) in [4.78, 5) is 10.4. The van der Waals surface area contributed by atoms with E-state index >= 15 is 0 Å². The maximum Gasteiger partial charge on any atom is 0.313 e. The zero-order valence-corrected chi connectivity index (χ0v) is 9.59. The molecular weight excluding hydrogens is 226 g/mol. The third-order valence-electron chi connectivity index (χ3n) is 2.10. The van der Waals surface area contributed by atoms with Crippen molar-refractivity contribution >= 4 is 5.69 Å². The van der Waals surface area contributed by atoms with Gasteiger partial charge in [0.05, 0.1) is 24.7 Å². The van der Waals surface area contributed by atoms with Gasteiger partial charge in [0.1, 0.15) is 6.61 Å². The minimum absolute atomic E-state index is 0.0188. The van der Waals surface area contributed by atoms with Crippen LogP contribution < -0.4 is 4.74 Å². The van der Waals surface area contributed by atoms with Crippen molar-refractivity contribution < 1.29 is 19.5 Å². The Morgan fingerprint density at radius 2 is 2.12 bits per heavy atom. The molecule has 0 aliphatic heterocycles. The second kappa shape index (κ2) is 6.82. The van der Waals surface area contributed by atoms with Crippen molar-refractivity contribution in [3.8, 4) is 5.75 Å². The van der Waals surface area contributed by atoms with Gasteiger partial charge in [-0.1, -0.05) is 12.1 Å². The lowest BCUT2D eigenvalue weighted by molar-refractivity contribution is -0.386. The van der Waals surface area contributed by atoms with Gasteiger partial charge >= 0.3 is 5.69 Å². The van der Waals surface area contributed by atoms with Crippen molar-refractivity contribution in [2.75, 3.05) is 26.4 Å². The highest BCUT2D eigenvalue weighted by atomic mass is 16.6. The predicted molar refractivity (Wildman–Crippen MR) is 61.2 cm³/mol. The average molecular weight is 241 g/mol. The Bertz CT molecular complexity index is 380. The van der Waals surface area contributed by atoms with Gasteiger partial charge in [-0.2, -0.15) is 0 Å². The molecule has 0 fully saturated rings. The molecule has 0 aromatic heterocycles. The first-order chi connectivity index (χ1) is 8.16. The molecule has 0 saturated carbocycles. The van der Waals surface area contributed by atoms with Crippen LogP contribution in [0.15, 0.2) is 18.2 Å². The number of aryl methyl sites for hydroxylation is 1. The number of rotatable bonds is 7. The van der Waals surface area contributed by atoms with Gasteiger partial charge in [0.25, 0.3) is 0 Å². The molecule has 0 amide bonds. The number of benzene rings is 1. The zero-order valence-electron chi connectivity index (χ0n) is 9.59. The molecule has 0 spiro atoms. The fourth-order valence-electron chi connectivity index (χ4n) is 1.36. The summed E-state index contributed by atoms with van der Waals surface area (Å²) in [6.45, 7) is 2.34. The Morgan fingerprint density at radius 1 is 1.35 bits per heavy atom. The fourth-order valence-corrected chi connectivity index (χ4v) is 1.36. The van der Waals surface area contributed by atoms with Crippen LogP contribution in [0.3, 0.4) is 0 Å². The molecule has 1 rings (SSSR count). The third kappa shape index (κ3) is 4.01. The summed E-state index contributed by atoms with van der Waals surface area (Å²) in [7, 11) is 0. The summed E-state index contributed by atoms with van der Waals surface area (Å²) in [5.74, 6) is 0.239. The van der Waals surface area contributed by atoms with E-state index in [-0.39, 0.29) is 37.9 Å². The number of hydrogen-bond donors (Lipinski definition) is 1. The van der Waals surface area contributed by atoms with Gasteiger partial charge in [-0.3, -0.25) is 10.1 Å². The van der Waals surface area contributed by atoms with Crippen molar-refractivity contribution in [1.29, 1.82) is 0 Å². The summed E-state index contributed by atoms with van der Waals surface area (Å²) in [6.07, 6.45) is 0. The van der Waals surface area contributed by atoms with E-state index in [4.69, 9.17) is 14.6 Å². The summed E-state index contributed by atoms with van der Waals surface area (Å²) < 4.78 is 10.3. The first-order valence-corrected chi connectivity index (χ1v) is 5.22. The minimum Gasteiger partial charge on any atom is -0.484 e. The van der Waals surface area contributed by atoms with E-state index in [1.807, 2.05) is 0 Å². The smallest absolute Gasteiger partial charge is 0.313 e. The Labute approximate surface area is 98.9 Å². The van der Waals surface area contributed by atoms with Crippen LogP contribution in [0.4, 0.5) is 5.69 Å². The summed E-state index contributed by atoms with van der Waals surface area (Å²) in [5.41, 5.74) is 0.540. The molecule has 1 aromatic rings. The van der Waals surface area contributed by atoms with E-state index in [2.05, 4.69) is 0 Å². The third-order valence-corrected chi connectivity index (χ3v) is 2.10. The molecule has 0 heterocycles. The molecule has 0 radical (unpaired) electrons. The van der Waals surface area contributed by atoms with Gasteiger partial charge in [0, 0.05) is 5.56 Å². The Hall–Kier alpha value is -1.66. The monoisotopic (exact) mass is 241 g/mol. The molecule has 0 aliphatic carbocycles. The van der Waals surface area contributed by atoms with Crippen LogP contribution in [0.25, 0.3) is 0 Å². The maximum atomic E-state index is 10.8. The average Bonchev–Trinajstić information content (AvgIpc) is 2.28. The number of hydrogen-bond acceptors (Lipinski definition) is 5. The number of ether oxygens (including phenoxy) is 2. The van der Waals surface area contributed by atoms with Gasteiger partial charge in [-0.15, -0.1) is 0 Å². The standard InChI is InChI=1S/C11H15NO5/c1-9-3-2-4-10(11(9)12(14)15)17-8-7-16-6-5-13/h2-4,13H,5-8H2,1H3. The Morgan fingerprint density at radius 3 is 2.76 bits per heavy atom. The van der Waals surface area contributed by atoms with Crippen molar-refractivity contribution in [2.24, 2.45) is 0 Å². The highest BCUT2D eigenvalue weighted by Gasteiger charge is 2.17. The molecule has 1 N–H and O–H groups in total. The Kier molecular flexibility index (Phi) is 5.38. The van der Waals surface area contributed by atoms with Crippen LogP contribution in [0.1, 0.15) is 5.56 Å². The molecule has 0 bridgehead atoms. The summed E-state index contributed by atoms with van der Waals surface area (Å²) in [5, 5.41) is 19.3. The number of para-hydroxylation sites is 1. The van der Waals surface area contributed by atoms with E-state index in [9.17, 15) is 10.1 Å². The number of aliphatic hydroxyl groups excluding tert-OH is 1. The number of nitro benzene ring substituents is 1. The molecular formula is C11H15NO5. The fraction of sp³-hybridized carbons (Fsp3) is 0.455. The van der Waals surface area contributed by atoms with E-state index in [1.54, 1.807) is 25.1 Å². The first kappa shape index (κ1) is 13.4. The van der Waals surface area contributed by atoms with Crippen molar-refractivity contribution in [2.45, 2.75) is 6.92 Å². The highest BCUT2D eigenvalue weighted by Crippen LogP contribution is 2.29. The highest BCUT2D eigenvalue weighted by molar-refractivity contribution is 5.51. The van der Waals surface area contributed by atoms with Crippen LogP contribution in [0.2, 0.25) is 0 Å². The molecule has 6 heteroatoms. The van der Waals surface area contributed by atoms with Crippen LogP contribution in [0.5, 0.6) is 5.75 Å². The first-order valence-electron chi connectivity index (χ1n) is 5.22. The SMILES string of the molecule is Cc1cccc(OCCOCCO)c1[N+](=O)[O-]. The van der Waals surface area contributed by atoms with Gasteiger partial charge in [-0.25, -0.2) is 0 Å². The van der Waals surface area contributed by atoms with Crippen molar-refractivity contribution in [3.05, 3.63) is 33.9 Å². The van der Waals surface area contributed by atoms with Crippen molar-refractivity contribution in [1.82, 2.24) is 0 Å². The van der Waals surface area contributed by atoms with Crippen LogP contribution in [-0.2, 0) is 4.74 Å². The molecule has 0 saturated heterocycles. The topological polar surface area (TPSA) is 81.8 Å². The maximum absolute atomic E-state index is 10.8. The lowest BCUT2D eigenvalue weighted by Crippen LogP contribution is -2.10. The molecule has 0 aliphatic rings. The van der Waals surface area contributed by atoms with E-state index < -0.39 is 4.92 Å². The molecule has 17 heavy (non-hydrogen) atoms. The number of nitro groups is 1. The normalized spacial score (nSPS) is 10.2. The van der Waals surface area contributed by atoms with Gasteiger partial charge in [0.15, 0.2) is 5.75 Å². The number of nitrogens with zero attached hydrogens (tertiary/aromatic N) is 1. The minimum atomic E-state index is -0.459. The summed E-state index contributed by atoms with van der Waals surface area (Å²) in [6, 6.07) is 4.91. The van der Waals surface area contributed by atoms with Crippen LogP contribution in [0, 0.1) is 17.0 Å². The lowest BCUT2D eigenvalue weighted by atomic mass is 10.2. The van der Waals surface area contributed by atoms with E-state index in [1.165, 1.54) is 0 Å². The van der Waals surface area contributed by atoms with Gasteiger partial charge in [0.2, 0.25) is 0 Å². The molecule has 0 atom stereocenters. The molecule has 0 unspecified atom stereocenters. The quantitative estimate of drug-likeness (QED) is 0.442.